The fraction of sp³-hybridized carbons (Fsp3) is 0.273. The molecule has 1 aromatic rings. The molecule has 0 saturated heterocycles. The van der Waals surface area contributed by atoms with E-state index in [-0.39, 0.29) is 0 Å². The van der Waals surface area contributed by atoms with Gasteiger partial charge in [0.1, 0.15) is 0 Å². The monoisotopic (exact) mass is 144 g/mol. The fourth-order valence-corrected chi connectivity index (χ4v) is 1.76. The molecular formula is C11H12. The summed E-state index contributed by atoms with van der Waals surface area (Å²) >= 11 is 0. The zero-order valence-corrected chi connectivity index (χ0v) is 6.80. The van der Waals surface area contributed by atoms with Gasteiger partial charge in [-0.2, -0.15) is 0 Å². The minimum Gasteiger partial charge on any atom is -0.0838 e. The molecule has 0 aliphatic heterocycles. The van der Waals surface area contributed by atoms with Crippen LogP contribution in [-0.4, -0.2) is 0 Å². The predicted molar refractivity (Wildman–Crippen MR) is 48.4 cm³/mol. The number of aryl methyl sites for hydroxylation is 1. The summed E-state index contributed by atoms with van der Waals surface area (Å²) in [4.78, 5) is 0. The maximum atomic E-state index is 2.23. The van der Waals surface area contributed by atoms with Crippen molar-refractivity contribution in [2.75, 3.05) is 0 Å². The van der Waals surface area contributed by atoms with E-state index in [0.29, 0.717) is 0 Å². The average molecular weight is 144 g/mol. The van der Waals surface area contributed by atoms with E-state index in [1.807, 2.05) is 0 Å². The molecule has 0 aromatic heterocycles. The van der Waals surface area contributed by atoms with Crippen molar-refractivity contribution in [1.29, 1.82) is 0 Å². The number of rotatable bonds is 0. The Kier molecular flexibility index (Phi) is 1.54. The van der Waals surface area contributed by atoms with Crippen LogP contribution in [0.2, 0.25) is 0 Å². The number of allylic oxidation sites excluding steroid dienone is 2. The lowest BCUT2D eigenvalue weighted by Gasteiger charge is -1.97. The highest BCUT2D eigenvalue weighted by atomic mass is 14.2. The van der Waals surface area contributed by atoms with E-state index in [0.717, 1.165) is 0 Å². The Hall–Kier alpha value is -1.04. The van der Waals surface area contributed by atoms with Gasteiger partial charge in [0.15, 0.2) is 0 Å². The summed E-state index contributed by atoms with van der Waals surface area (Å²) in [6.45, 7) is 2.12. The first-order chi connectivity index (χ1) is 5.42. The van der Waals surface area contributed by atoms with Gasteiger partial charge in [0.2, 0.25) is 0 Å². The van der Waals surface area contributed by atoms with Gasteiger partial charge in [0.25, 0.3) is 0 Å². The molecule has 0 amide bonds. The lowest BCUT2D eigenvalue weighted by atomic mass is 10.1. The van der Waals surface area contributed by atoms with Crippen molar-refractivity contribution in [3.05, 3.63) is 41.5 Å². The second-order valence-electron chi connectivity index (χ2n) is 2.97. The van der Waals surface area contributed by atoms with Gasteiger partial charge in [-0.15, -0.1) is 0 Å². The number of hydrogen-bond donors (Lipinski definition) is 0. The molecule has 0 radical (unpaired) electrons. The van der Waals surface area contributed by atoms with Gasteiger partial charge in [-0.1, -0.05) is 30.3 Å². The highest BCUT2D eigenvalue weighted by Gasteiger charge is 2.13. The first-order valence-electron chi connectivity index (χ1n) is 4.15. The normalized spacial score (nSPS) is 18.8. The van der Waals surface area contributed by atoms with Crippen LogP contribution in [0.3, 0.4) is 0 Å². The lowest BCUT2D eigenvalue weighted by Crippen LogP contribution is -1.77. The molecule has 0 unspecified atom stereocenters. The summed E-state index contributed by atoms with van der Waals surface area (Å²) in [6.07, 6.45) is 4.69. The minimum atomic E-state index is 1.23. The van der Waals surface area contributed by atoms with Gasteiger partial charge in [-0.3, -0.25) is 0 Å². The lowest BCUT2D eigenvalue weighted by molar-refractivity contribution is 1.08. The molecule has 2 rings (SSSR count). The fourth-order valence-electron chi connectivity index (χ4n) is 1.76. The van der Waals surface area contributed by atoms with Crippen LogP contribution < -0.4 is 0 Å². The van der Waals surface area contributed by atoms with Gasteiger partial charge in [-0.05, 0) is 36.5 Å². The van der Waals surface area contributed by atoms with Crippen LogP contribution in [0, 0.1) is 0 Å². The molecule has 0 fully saturated rings. The zero-order valence-electron chi connectivity index (χ0n) is 6.80. The summed E-state index contributed by atoms with van der Waals surface area (Å²) in [5.41, 5.74) is 4.50. The van der Waals surface area contributed by atoms with Gasteiger partial charge in [0.05, 0.1) is 0 Å². The van der Waals surface area contributed by atoms with E-state index >= 15 is 0 Å². The quantitative estimate of drug-likeness (QED) is 0.525. The molecule has 56 valence electrons. The molecule has 0 heterocycles. The Morgan fingerprint density at radius 3 is 2.82 bits per heavy atom. The molecule has 0 saturated carbocycles. The Bertz CT molecular complexity index is 295. The second kappa shape index (κ2) is 2.54. The number of hydrogen-bond acceptors (Lipinski definition) is 0. The first kappa shape index (κ1) is 6.66. The summed E-state index contributed by atoms with van der Waals surface area (Å²) < 4.78 is 0. The van der Waals surface area contributed by atoms with E-state index in [9.17, 15) is 0 Å². The maximum absolute atomic E-state index is 2.23. The molecule has 0 nitrogen and oxygen atoms in total. The molecule has 0 bridgehead atoms. The molecule has 1 aromatic carbocycles. The molecular weight excluding hydrogens is 132 g/mol. The summed E-state index contributed by atoms with van der Waals surface area (Å²) in [5.74, 6) is 0. The Labute approximate surface area is 67.6 Å². The van der Waals surface area contributed by atoms with Crippen LogP contribution in [0.5, 0.6) is 0 Å². The first-order valence-corrected chi connectivity index (χ1v) is 4.15. The largest absolute Gasteiger partial charge is 0.0838 e. The van der Waals surface area contributed by atoms with Gasteiger partial charge in [0, 0.05) is 0 Å². The van der Waals surface area contributed by atoms with Crippen molar-refractivity contribution in [2.45, 2.75) is 19.8 Å². The van der Waals surface area contributed by atoms with E-state index in [4.69, 9.17) is 0 Å². The van der Waals surface area contributed by atoms with Crippen molar-refractivity contribution in [1.82, 2.24) is 0 Å². The highest BCUT2D eigenvalue weighted by molar-refractivity contribution is 5.72. The van der Waals surface area contributed by atoms with Crippen molar-refractivity contribution in [3.63, 3.8) is 0 Å². The number of benzene rings is 1. The molecule has 11 heavy (non-hydrogen) atoms. The summed E-state index contributed by atoms with van der Waals surface area (Å²) in [7, 11) is 0. The van der Waals surface area contributed by atoms with Crippen LogP contribution in [0.4, 0.5) is 0 Å². The zero-order chi connectivity index (χ0) is 7.68. The van der Waals surface area contributed by atoms with Gasteiger partial charge < -0.3 is 0 Å². The van der Waals surface area contributed by atoms with Crippen molar-refractivity contribution in [2.24, 2.45) is 0 Å². The van der Waals surface area contributed by atoms with E-state index < -0.39 is 0 Å². The Morgan fingerprint density at radius 2 is 2.00 bits per heavy atom. The van der Waals surface area contributed by atoms with Crippen molar-refractivity contribution in [3.8, 4) is 0 Å². The molecule has 0 heteroatoms. The van der Waals surface area contributed by atoms with E-state index in [1.54, 1.807) is 0 Å². The van der Waals surface area contributed by atoms with E-state index in [2.05, 4.69) is 37.3 Å². The SMILES string of the molecule is CC=C1CCc2ccccc21. The predicted octanol–water partition coefficient (Wildman–Crippen LogP) is 3.04. The van der Waals surface area contributed by atoms with Crippen LogP contribution in [0.1, 0.15) is 24.5 Å². The molecule has 1 aliphatic rings. The molecule has 1 aliphatic carbocycles. The Balaban J connectivity index is 2.55. The van der Waals surface area contributed by atoms with Gasteiger partial charge >= 0.3 is 0 Å². The third kappa shape index (κ3) is 0.988. The van der Waals surface area contributed by atoms with Crippen LogP contribution in [0.15, 0.2) is 30.3 Å². The van der Waals surface area contributed by atoms with Crippen LogP contribution >= 0.6 is 0 Å². The van der Waals surface area contributed by atoms with Crippen LogP contribution in [-0.2, 0) is 6.42 Å². The third-order valence-corrected chi connectivity index (χ3v) is 2.38. The average Bonchev–Trinajstić information content (AvgIpc) is 2.47. The van der Waals surface area contributed by atoms with Crippen molar-refractivity contribution >= 4 is 5.57 Å². The molecule has 0 spiro atoms. The third-order valence-electron chi connectivity index (χ3n) is 2.38. The molecule has 0 atom stereocenters. The number of fused-ring (bicyclic) bond motifs is 1. The summed E-state index contributed by atoms with van der Waals surface area (Å²) in [6, 6.07) is 8.69. The Morgan fingerprint density at radius 1 is 1.18 bits per heavy atom. The standard InChI is InChI=1S/C11H12/c1-2-9-7-8-10-5-3-4-6-11(9)10/h2-6H,7-8H2,1H3. The molecule has 0 N–H and O–H groups in total. The summed E-state index contributed by atoms with van der Waals surface area (Å²) in [5, 5.41) is 0. The minimum absolute atomic E-state index is 1.23. The van der Waals surface area contributed by atoms with Crippen molar-refractivity contribution < 1.29 is 0 Å². The van der Waals surface area contributed by atoms with Crippen LogP contribution in [0.25, 0.3) is 5.57 Å². The highest BCUT2D eigenvalue weighted by Crippen LogP contribution is 2.31. The smallest absolute Gasteiger partial charge is 0.0195 e. The second-order valence-corrected chi connectivity index (χ2v) is 2.97. The van der Waals surface area contributed by atoms with Gasteiger partial charge in [-0.25, -0.2) is 0 Å². The topological polar surface area (TPSA) is 0 Å². The maximum Gasteiger partial charge on any atom is -0.0195 e. The van der Waals surface area contributed by atoms with E-state index in [1.165, 1.54) is 29.5 Å².